The maximum absolute atomic E-state index is 5.45. The number of H-pyrrole nitrogens is 1. The monoisotopic (exact) mass is 144 g/mol. The SMILES string of the molecule is Nc1[nH]c(P)c(N)c1N. The Bertz CT molecular complexity index is 206. The van der Waals surface area contributed by atoms with Crippen LogP contribution in [0.2, 0.25) is 0 Å². The fourth-order valence-electron chi connectivity index (χ4n) is 0.570. The lowest BCUT2D eigenvalue weighted by molar-refractivity contribution is 1.47. The van der Waals surface area contributed by atoms with Gasteiger partial charge in [-0.1, -0.05) is 9.24 Å². The number of rotatable bonds is 0. The quantitative estimate of drug-likeness (QED) is 0.361. The second-order valence-electron chi connectivity index (χ2n) is 1.78. The third kappa shape index (κ3) is 0.813. The van der Waals surface area contributed by atoms with Crippen molar-refractivity contribution in [3.8, 4) is 0 Å². The van der Waals surface area contributed by atoms with Crippen LogP contribution in [0.3, 0.4) is 0 Å². The van der Waals surface area contributed by atoms with E-state index in [9.17, 15) is 0 Å². The van der Waals surface area contributed by atoms with Gasteiger partial charge in [0.15, 0.2) is 0 Å². The van der Waals surface area contributed by atoms with Crippen LogP contribution in [-0.4, -0.2) is 4.98 Å². The Morgan fingerprint density at radius 1 is 1.11 bits per heavy atom. The maximum Gasteiger partial charge on any atom is 0.126 e. The summed E-state index contributed by atoms with van der Waals surface area (Å²) in [5, 5.41) is 0. The maximum atomic E-state index is 5.45. The first-order chi connectivity index (χ1) is 4.13. The minimum Gasteiger partial charge on any atom is -0.395 e. The van der Waals surface area contributed by atoms with Gasteiger partial charge in [-0.2, -0.15) is 0 Å². The van der Waals surface area contributed by atoms with Crippen LogP contribution >= 0.6 is 9.24 Å². The molecule has 50 valence electrons. The first-order valence-electron chi connectivity index (χ1n) is 2.40. The number of hydrogen-bond donors (Lipinski definition) is 4. The number of nitrogens with one attached hydrogen (secondary N) is 1. The molecule has 0 aliphatic rings. The van der Waals surface area contributed by atoms with E-state index in [0.717, 1.165) is 5.44 Å². The topological polar surface area (TPSA) is 93.8 Å². The van der Waals surface area contributed by atoms with E-state index in [-0.39, 0.29) is 0 Å². The van der Waals surface area contributed by atoms with E-state index in [1.54, 1.807) is 0 Å². The van der Waals surface area contributed by atoms with Crippen LogP contribution in [0.5, 0.6) is 0 Å². The van der Waals surface area contributed by atoms with Crippen LogP contribution in [0.25, 0.3) is 0 Å². The molecule has 1 atom stereocenters. The predicted molar refractivity (Wildman–Crippen MR) is 43.4 cm³/mol. The summed E-state index contributed by atoms with van der Waals surface area (Å²) in [4.78, 5) is 2.77. The molecule has 0 aromatic carbocycles. The van der Waals surface area contributed by atoms with Gasteiger partial charge in [-0.25, -0.2) is 0 Å². The minimum atomic E-state index is 0.428. The molecule has 0 radical (unpaired) electrons. The van der Waals surface area contributed by atoms with Crippen molar-refractivity contribution in [3.05, 3.63) is 0 Å². The molecule has 5 heteroatoms. The van der Waals surface area contributed by atoms with Crippen LogP contribution in [-0.2, 0) is 0 Å². The Kier molecular flexibility index (Phi) is 1.25. The smallest absolute Gasteiger partial charge is 0.126 e. The molecule has 1 unspecified atom stereocenters. The Labute approximate surface area is 55.0 Å². The molecule has 0 spiro atoms. The van der Waals surface area contributed by atoms with Gasteiger partial charge in [-0.3, -0.25) is 0 Å². The fourth-order valence-corrected chi connectivity index (χ4v) is 0.881. The standard InChI is InChI=1S/C4H9N4P/c5-1-2(6)4(9)8-3(1)7/h8H,5-7,9H2. The Balaban J connectivity index is 3.29. The van der Waals surface area contributed by atoms with Crippen molar-refractivity contribution >= 4 is 31.9 Å². The van der Waals surface area contributed by atoms with Gasteiger partial charge in [0.25, 0.3) is 0 Å². The predicted octanol–water partition coefficient (Wildman–Crippen LogP) is -0.738. The average Bonchev–Trinajstić information content (AvgIpc) is 1.98. The van der Waals surface area contributed by atoms with Crippen molar-refractivity contribution in [2.45, 2.75) is 0 Å². The van der Waals surface area contributed by atoms with Crippen LogP contribution in [0.1, 0.15) is 0 Å². The van der Waals surface area contributed by atoms with Crippen LogP contribution in [0.15, 0.2) is 0 Å². The molecule has 0 aliphatic carbocycles. The van der Waals surface area contributed by atoms with E-state index >= 15 is 0 Å². The van der Waals surface area contributed by atoms with Crippen molar-refractivity contribution < 1.29 is 0 Å². The van der Waals surface area contributed by atoms with Crippen molar-refractivity contribution in [1.29, 1.82) is 0 Å². The molecule has 0 fully saturated rings. The first-order valence-corrected chi connectivity index (χ1v) is 2.98. The summed E-state index contributed by atoms with van der Waals surface area (Å²) in [6, 6.07) is 0. The van der Waals surface area contributed by atoms with E-state index in [2.05, 4.69) is 14.2 Å². The lowest BCUT2D eigenvalue weighted by Crippen LogP contribution is -1.99. The summed E-state index contributed by atoms with van der Waals surface area (Å²) in [5.74, 6) is 0.428. The summed E-state index contributed by atoms with van der Waals surface area (Å²) in [5.41, 5.74) is 17.9. The molecule has 1 rings (SSSR count). The van der Waals surface area contributed by atoms with Gasteiger partial charge < -0.3 is 22.2 Å². The Morgan fingerprint density at radius 2 is 1.67 bits per heavy atom. The van der Waals surface area contributed by atoms with Crippen LogP contribution < -0.4 is 22.6 Å². The second kappa shape index (κ2) is 1.81. The molecule has 0 saturated heterocycles. The van der Waals surface area contributed by atoms with Gasteiger partial charge >= 0.3 is 0 Å². The highest BCUT2D eigenvalue weighted by molar-refractivity contribution is 7.27. The molecule has 0 amide bonds. The van der Waals surface area contributed by atoms with E-state index in [1.807, 2.05) is 0 Å². The third-order valence-corrected chi connectivity index (χ3v) is 1.60. The summed E-state index contributed by atoms with van der Waals surface area (Å²) >= 11 is 0. The lowest BCUT2D eigenvalue weighted by Gasteiger charge is -1.88. The first kappa shape index (κ1) is 6.23. The molecule has 1 aromatic rings. The van der Waals surface area contributed by atoms with Gasteiger partial charge in [0.2, 0.25) is 0 Å². The highest BCUT2D eigenvalue weighted by Crippen LogP contribution is 2.19. The van der Waals surface area contributed by atoms with Gasteiger partial charge in [-0.05, 0) is 0 Å². The molecule has 1 heterocycles. The highest BCUT2D eigenvalue weighted by atomic mass is 31.0. The number of aromatic amines is 1. The molecular weight excluding hydrogens is 135 g/mol. The third-order valence-electron chi connectivity index (χ3n) is 1.14. The average molecular weight is 144 g/mol. The largest absolute Gasteiger partial charge is 0.395 e. The number of nitrogen functional groups attached to an aromatic ring is 3. The normalized spacial score (nSPS) is 9.89. The van der Waals surface area contributed by atoms with Gasteiger partial charge in [0.1, 0.15) is 5.82 Å². The Morgan fingerprint density at radius 3 is 1.78 bits per heavy atom. The summed E-state index contributed by atoms with van der Waals surface area (Å²) in [6.45, 7) is 0. The molecule has 9 heavy (non-hydrogen) atoms. The lowest BCUT2D eigenvalue weighted by atomic mass is 10.4. The zero-order valence-corrected chi connectivity index (χ0v) is 5.96. The summed E-state index contributed by atoms with van der Waals surface area (Å²) < 4.78 is 0. The number of anilines is 3. The van der Waals surface area contributed by atoms with Gasteiger partial charge in [0, 0.05) is 0 Å². The molecule has 0 bridgehead atoms. The number of nitrogens with two attached hydrogens (primary N) is 3. The number of hydrogen-bond acceptors (Lipinski definition) is 3. The zero-order chi connectivity index (χ0) is 7.02. The molecule has 0 aliphatic heterocycles. The molecule has 7 N–H and O–H groups in total. The van der Waals surface area contributed by atoms with E-state index in [4.69, 9.17) is 17.2 Å². The van der Waals surface area contributed by atoms with Crippen molar-refractivity contribution in [1.82, 2.24) is 4.98 Å². The number of aromatic nitrogens is 1. The zero-order valence-electron chi connectivity index (χ0n) is 4.81. The molecule has 1 aromatic heterocycles. The minimum absolute atomic E-state index is 0.428. The van der Waals surface area contributed by atoms with Gasteiger partial charge in [0.05, 0.1) is 16.8 Å². The van der Waals surface area contributed by atoms with Crippen molar-refractivity contribution in [3.63, 3.8) is 0 Å². The Hall–Kier alpha value is -0.890. The fraction of sp³-hybridized carbons (Fsp3) is 0. The summed E-state index contributed by atoms with van der Waals surface area (Å²) in [7, 11) is 2.40. The van der Waals surface area contributed by atoms with Gasteiger partial charge in [-0.15, -0.1) is 0 Å². The van der Waals surface area contributed by atoms with E-state index in [0.29, 0.717) is 17.2 Å². The van der Waals surface area contributed by atoms with Crippen LogP contribution in [0.4, 0.5) is 17.2 Å². The molecule has 0 saturated carbocycles. The molecular formula is C4H9N4P. The van der Waals surface area contributed by atoms with Crippen molar-refractivity contribution in [2.24, 2.45) is 0 Å². The highest BCUT2D eigenvalue weighted by Gasteiger charge is 2.04. The van der Waals surface area contributed by atoms with E-state index < -0.39 is 0 Å². The molecule has 4 nitrogen and oxygen atoms in total. The van der Waals surface area contributed by atoms with Crippen molar-refractivity contribution in [2.75, 3.05) is 17.2 Å². The summed E-state index contributed by atoms with van der Waals surface area (Å²) in [6.07, 6.45) is 0. The van der Waals surface area contributed by atoms with Crippen LogP contribution in [0, 0.1) is 0 Å². The second-order valence-corrected chi connectivity index (χ2v) is 2.36. The van der Waals surface area contributed by atoms with E-state index in [1.165, 1.54) is 0 Å².